The minimum Gasteiger partial charge on any atom is -0.462 e. The Balaban J connectivity index is 4.29. The maximum absolute atomic E-state index is 13.0. The van der Waals surface area contributed by atoms with E-state index in [0.717, 1.165) is 116 Å². The van der Waals surface area contributed by atoms with Crippen molar-refractivity contribution in [2.24, 2.45) is 0 Å². The van der Waals surface area contributed by atoms with Gasteiger partial charge >= 0.3 is 17.9 Å². The van der Waals surface area contributed by atoms with E-state index in [0.29, 0.717) is 19.3 Å². The molecule has 83 heavy (non-hydrogen) atoms. The van der Waals surface area contributed by atoms with Crippen LogP contribution in [0.2, 0.25) is 0 Å². The smallest absolute Gasteiger partial charge is 0.306 e. The lowest BCUT2D eigenvalue weighted by molar-refractivity contribution is -0.167. The molecule has 0 saturated heterocycles. The fourth-order valence-corrected chi connectivity index (χ4v) is 10.2. The summed E-state index contributed by atoms with van der Waals surface area (Å²) < 4.78 is 17.0. The molecule has 0 aliphatic rings. The first-order chi connectivity index (χ1) is 41.0. The summed E-state index contributed by atoms with van der Waals surface area (Å²) in [5, 5.41) is 0. The number of esters is 3. The summed E-state index contributed by atoms with van der Waals surface area (Å²) in [6.07, 6.45) is 95.7. The fraction of sp³-hybridized carbons (Fsp3) is 0.753. The van der Waals surface area contributed by atoms with E-state index in [1.165, 1.54) is 199 Å². The van der Waals surface area contributed by atoms with Gasteiger partial charge in [0.25, 0.3) is 0 Å². The van der Waals surface area contributed by atoms with Crippen LogP contribution >= 0.6 is 0 Å². The molecule has 0 aliphatic carbocycles. The Morgan fingerprint density at radius 3 is 0.747 bits per heavy atom. The molecule has 0 saturated carbocycles. The molecule has 0 aliphatic heterocycles. The number of hydrogen-bond acceptors (Lipinski definition) is 6. The molecule has 0 aromatic rings. The summed E-state index contributed by atoms with van der Waals surface area (Å²) in [5.41, 5.74) is 0. The van der Waals surface area contributed by atoms with Gasteiger partial charge in [0.15, 0.2) is 6.10 Å². The van der Waals surface area contributed by atoms with Gasteiger partial charge in [-0.3, -0.25) is 14.4 Å². The van der Waals surface area contributed by atoms with Gasteiger partial charge in [0.05, 0.1) is 0 Å². The molecule has 1 atom stereocenters. The van der Waals surface area contributed by atoms with Crippen molar-refractivity contribution in [2.45, 2.75) is 361 Å². The van der Waals surface area contributed by atoms with Crippen molar-refractivity contribution >= 4 is 17.9 Å². The van der Waals surface area contributed by atoms with Crippen LogP contribution in [0.5, 0.6) is 0 Å². The predicted molar refractivity (Wildman–Crippen MR) is 362 cm³/mol. The third-order valence-corrected chi connectivity index (χ3v) is 15.6. The standard InChI is InChI=1S/C77H134O6/c1-4-7-10-13-16-19-22-25-28-30-32-34-35-36-37-38-39-40-41-42-43-44-46-47-49-52-55-58-61-64-67-70-76(79)82-73-74(72-81-75(78)69-66-63-60-57-54-51-27-24-21-18-15-12-9-6-3)83-77(80)71-68-65-62-59-56-53-50-48-45-33-31-29-26-23-20-17-14-11-8-5-2/h7,10,16,19,24-25,27-28,32,34,36-37,39-40,42-43,74H,4-6,8-9,11-15,17-18,20-23,26,29-31,33,35,38,41,44-73H2,1-3H3/b10-7-,19-16-,27-24-,28-25-,34-32-,37-36-,40-39-,43-42-. The number of carbonyl (C=O) groups is 3. The van der Waals surface area contributed by atoms with Crippen LogP contribution in [0.1, 0.15) is 355 Å². The molecule has 0 bridgehead atoms. The van der Waals surface area contributed by atoms with Crippen molar-refractivity contribution in [3.63, 3.8) is 0 Å². The fourth-order valence-electron chi connectivity index (χ4n) is 10.2. The molecule has 0 aromatic carbocycles. The molecule has 0 aromatic heterocycles. The second-order valence-corrected chi connectivity index (χ2v) is 23.8. The van der Waals surface area contributed by atoms with Crippen molar-refractivity contribution in [3.05, 3.63) is 97.2 Å². The Kier molecular flexibility index (Phi) is 67.7. The van der Waals surface area contributed by atoms with Gasteiger partial charge in [0, 0.05) is 19.3 Å². The maximum Gasteiger partial charge on any atom is 0.306 e. The third kappa shape index (κ3) is 69.0. The van der Waals surface area contributed by atoms with E-state index >= 15 is 0 Å². The molecular formula is C77H134O6. The molecule has 0 heterocycles. The van der Waals surface area contributed by atoms with Gasteiger partial charge in [-0.15, -0.1) is 0 Å². The number of rotatable bonds is 65. The number of ether oxygens (including phenoxy) is 3. The van der Waals surface area contributed by atoms with Crippen LogP contribution in [-0.4, -0.2) is 37.2 Å². The number of carbonyl (C=O) groups excluding carboxylic acids is 3. The topological polar surface area (TPSA) is 78.9 Å². The molecule has 6 nitrogen and oxygen atoms in total. The van der Waals surface area contributed by atoms with Gasteiger partial charge < -0.3 is 14.2 Å². The summed E-state index contributed by atoms with van der Waals surface area (Å²) >= 11 is 0. The van der Waals surface area contributed by atoms with Crippen molar-refractivity contribution in [1.82, 2.24) is 0 Å². The highest BCUT2D eigenvalue weighted by Gasteiger charge is 2.19. The van der Waals surface area contributed by atoms with E-state index in [-0.39, 0.29) is 31.1 Å². The summed E-state index contributed by atoms with van der Waals surface area (Å²) in [6, 6.07) is 0. The molecule has 6 heteroatoms. The Hall–Kier alpha value is -3.67. The van der Waals surface area contributed by atoms with Gasteiger partial charge in [-0.2, -0.15) is 0 Å². The second kappa shape index (κ2) is 70.8. The Morgan fingerprint density at radius 2 is 0.470 bits per heavy atom. The van der Waals surface area contributed by atoms with Crippen LogP contribution in [0.15, 0.2) is 97.2 Å². The van der Waals surface area contributed by atoms with Crippen LogP contribution in [-0.2, 0) is 28.6 Å². The Bertz CT molecular complexity index is 1610. The Labute approximate surface area is 515 Å². The van der Waals surface area contributed by atoms with Gasteiger partial charge in [0.1, 0.15) is 13.2 Å². The van der Waals surface area contributed by atoms with Gasteiger partial charge in [0.2, 0.25) is 0 Å². The minimum atomic E-state index is -0.783. The summed E-state index contributed by atoms with van der Waals surface area (Å²) in [6.45, 7) is 6.55. The van der Waals surface area contributed by atoms with E-state index in [1.807, 2.05) is 0 Å². The van der Waals surface area contributed by atoms with E-state index in [1.54, 1.807) is 0 Å². The van der Waals surface area contributed by atoms with Gasteiger partial charge in [-0.05, 0) is 103 Å². The minimum absolute atomic E-state index is 0.0795. The molecule has 0 radical (unpaired) electrons. The first-order valence-electron chi connectivity index (χ1n) is 35.7. The van der Waals surface area contributed by atoms with Crippen LogP contribution in [0.4, 0.5) is 0 Å². The molecule has 0 spiro atoms. The molecule has 478 valence electrons. The van der Waals surface area contributed by atoms with Crippen LogP contribution < -0.4 is 0 Å². The van der Waals surface area contributed by atoms with Crippen molar-refractivity contribution in [3.8, 4) is 0 Å². The molecule has 0 N–H and O–H groups in total. The Morgan fingerprint density at radius 1 is 0.253 bits per heavy atom. The average Bonchev–Trinajstić information content (AvgIpc) is 3.49. The normalized spacial score (nSPS) is 12.7. The average molecular weight is 1160 g/mol. The maximum atomic E-state index is 13.0. The molecule has 0 fully saturated rings. The first kappa shape index (κ1) is 79.3. The predicted octanol–water partition coefficient (Wildman–Crippen LogP) is 24.8. The molecule has 0 amide bonds. The molecule has 0 rings (SSSR count). The van der Waals surface area contributed by atoms with Crippen molar-refractivity contribution in [2.75, 3.05) is 13.2 Å². The van der Waals surface area contributed by atoms with E-state index in [9.17, 15) is 14.4 Å². The summed E-state index contributed by atoms with van der Waals surface area (Å²) in [5.74, 6) is -0.875. The highest BCUT2D eigenvalue weighted by atomic mass is 16.6. The number of unbranched alkanes of at least 4 members (excludes halogenated alkanes) is 38. The zero-order valence-corrected chi connectivity index (χ0v) is 54.9. The highest BCUT2D eigenvalue weighted by molar-refractivity contribution is 5.71. The third-order valence-electron chi connectivity index (χ3n) is 15.6. The summed E-state index contributed by atoms with van der Waals surface area (Å²) in [4.78, 5) is 38.4. The van der Waals surface area contributed by atoms with Crippen molar-refractivity contribution in [1.29, 1.82) is 0 Å². The van der Waals surface area contributed by atoms with Gasteiger partial charge in [-0.1, -0.05) is 330 Å². The first-order valence-corrected chi connectivity index (χ1v) is 35.7. The number of allylic oxidation sites excluding steroid dienone is 16. The second-order valence-electron chi connectivity index (χ2n) is 23.8. The van der Waals surface area contributed by atoms with Crippen LogP contribution in [0.25, 0.3) is 0 Å². The largest absolute Gasteiger partial charge is 0.462 e. The van der Waals surface area contributed by atoms with Crippen LogP contribution in [0, 0.1) is 0 Å². The van der Waals surface area contributed by atoms with E-state index < -0.39 is 6.10 Å². The highest BCUT2D eigenvalue weighted by Crippen LogP contribution is 2.18. The lowest BCUT2D eigenvalue weighted by Crippen LogP contribution is -2.30. The number of hydrogen-bond donors (Lipinski definition) is 0. The van der Waals surface area contributed by atoms with E-state index in [2.05, 4.69) is 118 Å². The SMILES string of the molecule is CC/C=C\C/C=C\C/C=C\C/C=C\C/C=C\C/C=C\C/C=C\CCCCCCCCCCCC(=O)OCC(COC(=O)CCCCCCC/C=C\CCCCCCC)OC(=O)CCCCCCCCCCCCCCCCCCCCCC. The van der Waals surface area contributed by atoms with E-state index in [4.69, 9.17) is 14.2 Å². The van der Waals surface area contributed by atoms with Gasteiger partial charge in [-0.25, -0.2) is 0 Å². The summed E-state index contributed by atoms with van der Waals surface area (Å²) in [7, 11) is 0. The molecular weight excluding hydrogens is 1020 g/mol. The molecule has 1 unspecified atom stereocenters. The lowest BCUT2D eigenvalue weighted by Gasteiger charge is -2.18. The monoisotopic (exact) mass is 1160 g/mol. The lowest BCUT2D eigenvalue weighted by atomic mass is 10.0. The van der Waals surface area contributed by atoms with Crippen molar-refractivity contribution < 1.29 is 28.6 Å². The van der Waals surface area contributed by atoms with Crippen LogP contribution in [0.3, 0.4) is 0 Å². The zero-order valence-electron chi connectivity index (χ0n) is 54.9. The quantitative estimate of drug-likeness (QED) is 0.0261. The zero-order chi connectivity index (χ0) is 59.9.